The second kappa shape index (κ2) is 10.6. The molecule has 29 heavy (non-hydrogen) atoms. The van der Waals surface area contributed by atoms with Gasteiger partial charge in [0.2, 0.25) is 0 Å². The largest absolute Gasteiger partial charge is 0.508 e. The molecular formula is C23H24O6. The van der Waals surface area contributed by atoms with Gasteiger partial charge in [0.1, 0.15) is 5.76 Å². The summed E-state index contributed by atoms with van der Waals surface area (Å²) < 4.78 is 20.8. The first kappa shape index (κ1) is 21.6. The lowest BCUT2D eigenvalue weighted by atomic mass is 10.1. The maximum atomic E-state index is 12.1. The predicted molar refractivity (Wildman–Crippen MR) is 113 cm³/mol. The number of ether oxygens (including phenoxy) is 4. The van der Waals surface area contributed by atoms with Gasteiger partial charge in [0.05, 0.1) is 28.4 Å². The van der Waals surface area contributed by atoms with Gasteiger partial charge >= 0.3 is 0 Å². The highest BCUT2D eigenvalue weighted by atomic mass is 16.5. The molecule has 0 spiro atoms. The Morgan fingerprint density at radius 1 is 0.724 bits per heavy atom. The van der Waals surface area contributed by atoms with E-state index >= 15 is 0 Å². The van der Waals surface area contributed by atoms with E-state index in [0.29, 0.717) is 23.0 Å². The van der Waals surface area contributed by atoms with E-state index in [1.54, 1.807) is 70.9 Å². The molecule has 0 radical (unpaired) electrons. The van der Waals surface area contributed by atoms with E-state index in [4.69, 9.17) is 18.9 Å². The highest BCUT2D eigenvalue weighted by Gasteiger charge is 2.04. The van der Waals surface area contributed by atoms with Crippen molar-refractivity contribution in [3.8, 4) is 23.0 Å². The zero-order valence-electron chi connectivity index (χ0n) is 16.8. The fraction of sp³-hybridized carbons (Fsp3) is 0.174. The number of rotatable bonds is 9. The number of hydrogen-bond acceptors (Lipinski definition) is 6. The molecule has 0 aliphatic rings. The van der Waals surface area contributed by atoms with Crippen molar-refractivity contribution in [1.29, 1.82) is 0 Å². The lowest BCUT2D eigenvalue weighted by Gasteiger charge is -2.07. The van der Waals surface area contributed by atoms with Crippen molar-refractivity contribution in [2.24, 2.45) is 0 Å². The number of aliphatic hydroxyl groups excluding tert-OH is 1. The van der Waals surface area contributed by atoms with Crippen LogP contribution in [0, 0.1) is 0 Å². The summed E-state index contributed by atoms with van der Waals surface area (Å²) >= 11 is 0. The van der Waals surface area contributed by atoms with Gasteiger partial charge in [-0.15, -0.1) is 0 Å². The van der Waals surface area contributed by atoms with Crippen molar-refractivity contribution in [2.75, 3.05) is 28.4 Å². The van der Waals surface area contributed by atoms with E-state index in [1.807, 2.05) is 6.07 Å². The first-order valence-corrected chi connectivity index (χ1v) is 8.75. The Labute approximate surface area is 170 Å². The minimum absolute atomic E-state index is 0.165. The molecule has 152 valence electrons. The third-order valence-corrected chi connectivity index (χ3v) is 3.99. The smallest absolute Gasteiger partial charge is 0.182 e. The predicted octanol–water partition coefficient (Wildman–Crippen LogP) is 4.46. The fourth-order valence-electron chi connectivity index (χ4n) is 2.51. The molecule has 2 rings (SSSR count). The molecule has 0 aliphatic heterocycles. The second-order valence-electron chi connectivity index (χ2n) is 5.87. The normalized spacial score (nSPS) is 11.7. The number of aliphatic hydroxyl groups is 1. The van der Waals surface area contributed by atoms with Gasteiger partial charge in [-0.1, -0.05) is 24.3 Å². The highest BCUT2D eigenvalue weighted by Crippen LogP contribution is 2.29. The molecule has 0 atom stereocenters. The Balaban J connectivity index is 2.06. The number of carbonyl (C=O) groups excluding carboxylic acids is 1. The molecule has 1 N–H and O–H groups in total. The van der Waals surface area contributed by atoms with Crippen molar-refractivity contribution in [2.45, 2.75) is 0 Å². The molecule has 6 heteroatoms. The number of methoxy groups -OCH3 is 4. The van der Waals surface area contributed by atoms with Gasteiger partial charge in [-0.25, -0.2) is 0 Å². The Kier molecular flexibility index (Phi) is 7.91. The van der Waals surface area contributed by atoms with E-state index < -0.39 is 0 Å². The highest BCUT2D eigenvalue weighted by molar-refractivity contribution is 6.02. The number of allylic oxidation sites excluding steroid dienone is 3. The molecular weight excluding hydrogens is 372 g/mol. The van der Waals surface area contributed by atoms with Crippen LogP contribution in [-0.4, -0.2) is 39.3 Å². The second-order valence-corrected chi connectivity index (χ2v) is 5.87. The summed E-state index contributed by atoms with van der Waals surface area (Å²) in [6, 6.07) is 10.6. The summed E-state index contributed by atoms with van der Waals surface area (Å²) in [6.45, 7) is 0. The molecule has 2 aromatic rings. The van der Waals surface area contributed by atoms with Crippen molar-refractivity contribution in [3.63, 3.8) is 0 Å². The van der Waals surface area contributed by atoms with E-state index in [2.05, 4.69) is 0 Å². The van der Waals surface area contributed by atoms with Gasteiger partial charge in [-0.05, 0) is 47.5 Å². The van der Waals surface area contributed by atoms with Crippen LogP contribution >= 0.6 is 0 Å². The molecule has 0 bridgehead atoms. The van der Waals surface area contributed by atoms with Crippen LogP contribution in [0.5, 0.6) is 23.0 Å². The maximum absolute atomic E-state index is 12.1. The third-order valence-electron chi connectivity index (χ3n) is 3.99. The lowest BCUT2D eigenvalue weighted by Crippen LogP contribution is -1.91. The quantitative estimate of drug-likeness (QED) is 0.383. The molecule has 0 fully saturated rings. The first-order chi connectivity index (χ1) is 14.0. The van der Waals surface area contributed by atoms with Crippen LogP contribution < -0.4 is 18.9 Å². The Hall–Kier alpha value is -3.67. The summed E-state index contributed by atoms with van der Waals surface area (Å²) in [5, 5.41) is 9.98. The zero-order valence-corrected chi connectivity index (χ0v) is 16.8. The number of carbonyl (C=O) groups is 1. The van der Waals surface area contributed by atoms with Crippen LogP contribution in [0.25, 0.3) is 12.2 Å². The van der Waals surface area contributed by atoms with Gasteiger partial charge in [0.25, 0.3) is 0 Å². The Morgan fingerprint density at radius 2 is 1.17 bits per heavy atom. The molecule has 6 nitrogen and oxygen atoms in total. The number of benzene rings is 2. The molecule has 0 aromatic heterocycles. The lowest BCUT2D eigenvalue weighted by molar-refractivity contribution is -0.110. The minimum Gasteiger partial charge on any atom is -0.508 e. The van der Waals surface area contributed by atoms with E-state index in [-0.39, 0.29) is 11.5 Å². The molecule has 0 saturated heterocycles. The average molecular weight is 396 g/mol. The molecule has 0 aliphatic carbocycles. The van der Waals surface area contributed by atoms with E-state index in [9.17, 15) is 9.90 Å². The topological polar surface area (TPSA) is 74.2 Å². The van der Waals surface area contributed by atoms with Crippen molar-refractivity contribution in [3.05, 3.63) is 71.5 Å². The van der Waals surface area contributed by atoms with E-state index in [1.165, 1.54) is 12.2 Å². The molecule has 0 unspecified atom stereocenters. The fourth-order valence-corrected chi connectivity index (χ4v) is 2.51. The van der Waals surface area contributed by atoms with Crippen LogP contribution in [0.4, 0.5) is 0 Å². The number of ketones is 1. The zero-order chi connectivity index (χ0) is 21.2. The summed E-state index contributed by atoms with van der Waals surface area (Å²) in [5.41, 5.74) is 1.56. The van der Waals surface area contributed by atoms with Crippen molar-refractivity contribution in [1.82, 2.24) is 0 Å². The van der Waals surface area contributed by atoms with Gasteiger partial charge in [0, 0.05) is 6.08 Å². The van der Waals surface area contributed by atoms with Crippen molar-refractivity contribution >= 4 is 17.9 Å². The molecule has 0 amide bonds. The van der Waals surface area contributed by atoms with Crippen LogP contribution in [0.3, 0.4) is 0 Å². The standard InChI is InChI=1S/C23H24O6/c1-26-20-11-7-16(13-22(20)28-3)5-9-18(24)15-19(25)10-6-17-8-12-21(27-2)23(14-17)29-4/h5-15,24H,1-4H3/b9-5-,10-6+,18-15-. The third kappa shape index (κ3) is 6.17. The molecule has 0 heterocycles. The molecule has 0 saturated carbocycles. The van der Waals surface area contributed by atoms with Crippen molar-refractivity contribution < 1.29 is 28.8 Å². The van der Waals surface area contributed by atoms with Gasteiger partial charge in [-0.3, -0.25) is 4.79 Å². The SMILES string of the molecule is COc1ccc(/C=C\C(O)=C\C(=O)/C=C/c2ccc(OC)c(OC)c2)cc1OC. The average Bonchev–Trinajstić information content (AvgIpc) is 2.75. The summed E-state index contributed by atoms with van der Waals surface area (Å²) in [4.78, 5) is 12.1. The summed E-state index contributed by atoms with van der Waals surface area (Å²) in [6.07, 6.45) is 7.23. The van der Waals surface area contributed by atoms with Crippen LogP contribution in [0.1, 0.15) is 11.1 Å². The summed E-state index contributed by atoms with van der Waals surface area (Å²) in [5.74, 6) is 1.84. The number of hydrogen-bond donors (Lipinski definition) is 1. The summed E-state index contributed by atoms with van der Waals surface area (Å²) in [7, 11) is 6.21. The maximum Gasteiger partial charge on any atom is 0.182 e. The van der Waals surface area contributed by atoms with E-state index in [0.717, 1.165) is 17.2 Å². The van der Waals surface area contributed by atoms with Crippen LogP contribution in [0.2, 0.25) is 0 Å². The van der Waals surface area contributed by atoms with Gasteiger partial charge in [0.15, 0.2) is 28.8 Å². The van der Waals surface area contributed by atoms with Gasteiger partial charge < -0.3 is 24.1 Å². The monoisotopic (exact) mass is 396 g/mol. The molecule has 2 aromatic carbocycles. The Bertz CT molecular complexity index is 940. The van der Waals surface area contributed by atoms with Crippen LogP contribution in [0.15, 0.2) is 60.4 Å². The first-order valence-electron chi connectivity index (χ1n) is 8.75. The van der Waals surface area contributed by atoms with Crippen LogP contribution in [-0.2, 0) is 4.79 Å². The Morgan fingerprint density at radius 3 is 1.62 bits per heavy atom. The minimum atomic E-state index is -0.353. The van der Waals surface area contributed by atoms with Gasteiger partial charge in [-0.2, -0.15) is 0 Å².